The van der Waals surface area contributed by atoms with Crippen LogP contribution in [0.2, 0.25) is 0 Å². The van der Waals surface area contributed by atoms with Gasteiger partial charge in [-0.3, -0.25) is 9.69 Å². The second-order valence-electron chi connectivity index (χ2n) is 17.6. The standard InChI is InChI=1S/C55H63FN8O12S/c1-2-74-55(68)51-52(66)49(77-53(51)59-42-6-4-3-5-7-42)31-38-8-11-47(46(65)30-38)75-29-28-70-21-19-64(58)35-41(57)37-73-27-26-72-25-24-71-23-22-69-20-18-61-14-16-62(17-15-61)43-10-9-39-32-44(54(67)76-48(39)34-43)45-36-63-13-12-40(56)33-50(63)60-45/h3-13,30-36,59,65H,2,14-29,37,57-58H2,1H3/b41-35-,49-31-. The van der Waals surface area contributed by atoms with E-state index >= 15 is 0 Å². The average Bonchev–Trinajstić information content (AvgIpc) is 3.99. The Kier molecular flexibility index (Phi) is 20.5. The highest BCUT2D eigenvalue weighted by Gasteiger charge is 2.35. The Morgan fingerprint density at radius 2 is 1.60 bits per heavy atom. The Hall–Kier alpha value is -7.28. The summed E-state index contributed by atoms with van der Waals surface area (Å²) >= 11 is 1.12. The molecule has 0 radical (unpaired) electrons. The predicted molar refractivity (Wildman–Crippen MR) is 290 cm³/mol. The molecule has 6 N–H and O–H groups in total. The van der Waals surface area contributed by atoms with Crippen molar-refractivity contribution in [3.05, 3.63) is 147 Å². The number of carbonyl (C=O) groups is 2. The molecule has 8 rings (SSSR count). The SMILES string of the molecule is CCOC(=O)C1=C(Nc2ccccc2)S/C(=C\c2ccc(OCCOCCN(N)/C=C(\N)COCCOCCOCCOCCN3CCN(c4ccc5cc(-c6cn7ccc(F)cc7n6)c(=O)oc5c4)CC3)c(O)c2)C1=O. The molecule has 408 valence electrons. The summed E-state index contributed by atoms with van der Waals surface area (Å²) in [5.74, 6) is 4.59. The van der Waals surface area contributed by atoms with E-state index in [-0.39, 0.29) is 43.5 Å². The number of hydrazine groups is 1. The van der Waals surface area contributed by atoms with Crippen molar-refractivity contribution in [3.63, 3.8) is 0 Å². The summed E-state index contributed by atoms with van der Waals surface area (Å²) in [5, 5.41) is 16.3. The van der Waals surface area contributed by atoms with Crippen LogP contribution in [0.5, 0.6) is 11.5 Å². The molecule has 0 spiro atoms. The number of fused-ring (bicyclic) bond motifs is 2. The Bertz CT molecular complexity index is 3110. The summed E-state index contributed by atoms with van der Waals surface area (Å²) in [6.07, 6.45) is 6.42. The highest BCUT2D eigenvalue weighted by molar-refractivity contribution is 8.08. The molecule has 2 aliphatic heterocycles. The number of ketones is 1. The van der Waals surface area contributed by atoms with Gasteiger partial charge in [0.05, 0.1) is 106 Å². The zero-order chi connectivity index (χ0) is 53.9. The van der Waals surface area contributed by atoms with E-state index in [1.165, 1.54) is 23.2 Å². The van der Waals surface area contributed by atoms with Crippen molar-refractivity contribution >= 4 is 57.6 Å². The summed E-state index contributed by atoms with van der Waals surface area (Å²) in [5.41, 5.74) is 9.83. The molecule has 22 heteroatoms. The van der Waals surface area contributed by atoms with E-state index in [2.05, 4.69) is 20.1 Å². The number of aromatic hydroxyl groups is 1. The number of esters is 1. The van der Waals surface area contributed by atoms with Gasteiger partial charge in [0.1, 0.15) is 29.2 Å². The fourth-order valence-corrected chi connectivity index (χ4v) is 9.24. The van der Waals surface area contributed by atoms with Crippen LogP contribution in [0.4, 0.5) is 15.8 Å². The number of pyridine rings is 1. The Balaban J connectivity index is 0.609. The third-order valence-corrected chi connectivity index (χ3v) is 13.1. The molecule has 20 nitrogen and oxygen atoms in total. The van der Waals surface area contributed by atoms with Crippen molar-refractivity contribution in [2.45, 2.75) is 6.92 Å². The first kappa shape index (κ1) is 55.9. The van der Waals surface area contributed by atoms with Crippen molar-refractivity contribution in [2.75, 3.05) is 129 Å². The number of hydrogen-bond donors (Lipinski definition) is 4. The maximum Gasteiger partial charge on any atom is 0.345 e. The summed E-state index contributed by atoms with van der Waals surface area (Å²) in [6, 6.07) is 24.2. The zero-order valence-electron chi connectivity index (χ0n) is 42.7. The molecule has 0 unspecified atom stereocenters. The number of para-hydroxylation sites is 1. The number of nitrogens with one attached hydrogen (secondary N) is 1. The second-order valence-corrected chi connectivity index (χ2v) is 18.7. The van der Waals surface area contributed by atoms with Crippen LogP contribution in [0.3, 0.4) is 0 Å². The van der Waals surface area contributed by atoms with Gasteiger partial charge < -0.3 is 68.0 Å². The van der Waals surface area contributed by atoms with Gasteiger partial charge in [-0.15, -0.1) is 0 Å². The van der Waals surface area contributed by atoms with E-state index < -0.39 is 23.2 Å². The van der Waals surface area contributed by atoms with Crippen molar-refractivity contribution in [1.82, 2.24) is 19.3 Å². The molecule has 0 atom stereocenters. The molecule has 5 heterocycles. The maximum atomic E-state index is 13.7. The largest absolute Gasteiger partial charge is 0.504 e. The van der Waals surface area contributed by atoms with E-state index in [0.717, 1.165) is 55.6 Å². The number of imidazole rings is 1. The quantitative estimate of drug-likeness (QED) is 0.00831. The van der Waals surface area contributed by atoms with Crippen molar-refractivity contribution in [2.24, 2.45) is 11.6 Å². The molecule has 77 heavy (non-hydrogen) atoms. The average molecular weight is 1080 g/mol. The lowest BCUT2D eigenvalue weighted by atomic mass is 10.1. The minimum Gasteiger partial charge on any atom is -0.504 e. The molecule has 0 aliphatic carbocycles. The van der Waals surface area contributed by atoms with Crippen LogP contribution in [-0.4, -0.2) is 155 Å². The number of allylic oxidation sites excluding steroid dienone is 1. The highest BCUT2D eigenvalue weighted by atomic mass is 32.2. The molecule has 0 saturated carbocycles. The number of nitrogens with two attached hydrogens (primary N) is 2. The van der Waals surface area contributed by atoms with Gasteiger partial charge in [-0.25, -0.2) is 24.8 Å². The van der Waals surface area contributed by atoms with Gasteiger partial charge in [0.2, 0.25) is 5.78 Å². The lowest BCUT2D eigenvalue weighted by Crippen LogP contribution is -2.47. The number of hydrogen-bond acceptors (Lipinski definition) is 20. The number of aromatic nitrogens is 2. The highest BCUT2D eigenvalue weighted by Crippen LogP contribution is 2.41. The van der Waals surface area contributed by atoms with Crippen LogP contribution in [0.1, 0.15) is 12.5 Å². The van der Waals surface area contributed by atoms with E-state index in [4.69, 9.17) is 49.2 Å². The summed E-state index contributed by atoms with van der Waals surface area (Å²) in [4.78, 5) is 48.3. The fourth-order valence-electron chi connectivity index (χ4n) is 8.19. The molecule has 3 aromatic heterocycles. The number of thioether (sulfide) groups is 1. The number of phenolic OH excluding ortho intramolecular Hbond substituents is 1. The van der Waals surface area contributed by atoms with Crippen molar-refractivity contribution in [3.8, 4) is 22.8 Å². The van der Waals surface area contributed by atoms with Crippen LogP contribution in [-0.2, 0) is 38.0 Å². The number of carbonyl (C=O) groups excluding carboxylic acids is 2. The minimum absolute atomic E-state index is 0.0733. The van der Waals surface area contributed by atoms with Gasteiger partial charge in [0.25, 0.3) is 0 Å². The summed E-state index contributed by atoms with van der Waals surface area (Å²) in [7, 11) is 0. The third-order valence-electron chi connectivity index (χ3n) is 12.1. The number of benzene rings is 3. The number of halogens is 1. The predicted octanol–water partition coefficient (Wildman–Crippen LogP) is 5.76. The van der Waals surface area contributed by atoms with E-state index in [1.54, 1.807) is 54.2 Å². The molecular formula is C55H63FN8O12S. The smallest absolute Gasteiger partial charge is 0.345 e. The number of anilines is 2. The molecule has 2 aliphatic rings. The Morgan fingerprint density at radius 3 is 2.35 bits per heavy atom. The van der Waals surface area contributed by atoms with E-state index in [9.17, 15) is 23.9 Å². The van der Waals surface area contributed by atoms with Crippen LogP contribution in [0, 0.1) is 5.82 Å². The lowest BCUT2D eigenvalue weighted by Gasteiger charge is -2.36. The van der Waals surface area contributed by atoms with Gasteiger partial charge in [0, 0.05) is 80.2 Å². The lowest BCUT2D eigenvalue weighted by molar-refractivity contribution is -0.139. The molecule has 6 aromatic rings. The molecule has 0 bridgehead atoms. The van der Waals surface area contributed by atoms with Gasteiger partial charge in [0.15, 0.2) is 11.5 Å². The molecule has 3 aromatic carbocycles. The second kappa shape index (κ2) is 28.2. The molecule has 1 fully saturated rings. The zero-order valence-corrected chi connectivity index (χ0v) is 43.6. The number of rotatable bonds is 29. The van der Waals surface area contributed by atoms with Crippen molar-refractivity contribution in [1.29, 1.82) is 0 Å². The van der Waals surface area contributed by atoms with Crippen molar-refractivity contribution < 1.29 is 56.7 Å². The normalized spacial score (nSPS) is 14.8. The van der Waals surface area contributed by atoms with Gasteiger partial charge in [-0.2, -0.15) is 0 Å². The van der Waals surface area contributed by atoms with E-state index in [0.29, 0.717) is 109 Å². The van der Waals surface area contributed by atoms with Crippen LogP contribution in [0.15, 0.2) is 134 Å². The van der Waals surface area contributed by atoms with Gasteiger partial charge >= 0.3 is 11.6 Å². The van der Waals surface area contributed by atoms with Crippen LogP contribution < -0.4 is 32.2 Å². The fraction of sp³-hybridized carbons (Fsp3) is 0.345. The molecular weight excluding hydrogens is 1020 g/mol. The monoisotopic (exact) mass is 1080 g/mol. The van der Waals surface area contributed by atoms with E-state index in [1.807, 2.05) is 48.5 Å². The summed E-state index contributed by atoms with van der Waals surface area (Å²) in [6.45, 7) is 10.3. The Morgan fingerprint density at radius 1 is 0.870 bits per heavy atom. The number of piperazine rings is 1. The molecule has 0 amide bonds. The number of phenols is 1. The first-order valence-electron chi connectivity index (χ1n) is 25.2. The number of Topliss-reactive ketones (excluding diaryl/α,β-unsaturated/α-hetero) is 1. The van der Waals surface area contributed by atoms with Gasteiger partial charge in [-0.05, 0) is 67.1 Å². The van der Waals surface area contributed by atoms with Crippen LogP contribution >= 0.6 is 11.8 Å². The maximum absolute atomic E-state index is 13.7. The number of nitrogens with zero attached hydrogens (tertiary/aromatic N) is 5. The van der Waals surface area contributed by atoms with Gasteiger partial charge in [-0.1, -0.05) is 36.0 Å². The number of ether oxygens (including phenoxy) is 7. The van der Waals surface area contributed by atoms with Crippen LogP contribution in [0.25, 0.3) is 33.9 Å². The first-order valence-corrected chi connectivity index (χ1v) is 26.0. The minimum atomic E-state index is -0.708. The molecule has 1 saturated heterocycles. The third kappa shape index (κ3) is 16.1. The summed E-state index contributed by atoms with van der Waals surface area (Å²) < 4.78 is 60.2. The topological polar surface area (TPSA) is 240 Å². The Labute approximate surface area is 448 Å². The first-order chi connectivity index (χ1) is 37.5.